The molecule has 0 unspecified atom stereocenters. The van der Waals surface area contributed by atoms with Crippen molar-refractivity contribution in [3.63, 3.8) is 0 Å². The third-order valence-corrected chi connectivity index (χ3v) is 5.38. The Labute approximate surface area is 147 Å². The van der Waals surface area contributed by atoms with Gasteiger partial charge in [-0.05, 0) is 42.3 Å². The third-order valence-electron chi connectivity index (χ3n) is 3.94. The molecule has 0 aliphatic heterocycles. The minimum absolute atomic E-state index is 0.196. The van der Waals surface area contributed by atoms with E-state index in [1.807, 2.05) is 37.3 Å². The molecule has 0 fully saturated rings. The van der Waals surface area contributed by atoms with Gasteiger partial charge in [-0.25, -0.2) is 12.8 Å². The van der Waals surface area contributed by atoms with Gasteiger partial charge in [0.15, 0.2) is 0 Å². The van der Waals surface area contributed by atoms with Crippen molar-refractivity contribution in [2.24, 2.45) is 0 Å². The topological polar surface area (TPSA) is 46.2 Å². The molecule has 3 aromatic carbocycles. The quantitative estimate of drug-likeness (QED) is 0.745. The van der Waals surface area contributed by atoms with E-state index in [0.717, 1.165) is 11.1 Å². The molecule has 0 bridgehead atoms. The van der Waals surface area contributed by atoms with Crippen LogP contribution >= 0.6 is 0 Å². The predicted molar refractivity (Wildman–Crippen MR) is 96.2 cm³/mol. The molecule has 0 amide bonds. The first-order valence-electron chi connectivity index (χ1n) is 7.85. The molecule has 5 heteroatoms. The zero-order chi connectivity index (χ0) is 17.9. The summed E-state index contributed by atoms with van der Waals surface area (Å²) in [5.74, 6) is -0.364. The summed E-state index contributed by atoms with van der Waals surface area (Å²) in [6.07, 6.45) is 0. The molecule has 3 aromatic rings. The maximum Gasteiger partial charge on any atom is 0.241 e. The number of sulfonamides is 1. The van der Waals surface area contributed by atoms with Gasteiger partial charge in [-0.3, -0.25) is 0 Å². The van der Waals surface area contributed by atoms with E-state index in [0.29, 0.717) is 5.56 Å². The second-order valence-electron chi connectivity index (χ2n) is 5.83. The van der Waals surface area contributed by atoms with Crippen molar-refractivity contribution in [2.45, 2.75) is 17.9 Å². The van der Waals surface area contributed by atoms with Crippen LogP contribution in [0.15, 0.2) is 83.8 Å². The van der Waals surface area contributed by atoms with E-state index in [2.05, 4.69) is 4.72 Å². The standard InChI is InChI=1S/C20H18FNO2S/c1-15-7-13-19(14-8-15)25(23,24)22-20(16-5-3-2-4-6-16)17-9-11-18(21)12-10-17/h2-14,20,22H,1H3/t20-/m1/s1. The van der Waals surface area contributed by atoms with Crippen molar-refractivity contribution < 1.29 is 12.8 Å². The molecule has 1 N–H and O–H groups in total. The number of halogens is 1. The minimum Gasteiger partial charge on any atom is -0.207 e. The van der Waals surface area contributed by atoms with Crippen molar-refractivity contribution in [1.29, 1.82) is 0 Å². The lowest BCUT2D eigenvalue weighted by Gasteiger charge is -2.20. The van der Waals surface area contributed by atoms with Crippen LogP contribution in [0.4, 0.5) is 4.39 Å². The van der Waals surface area contributed by atoms with Crippen LogP contribution in [0.25, 0.3) is 0 Å². The Morgan fingerprint density at radius 2 is 1.36 bits per heavy atom. The van der Waals surface area contributed by atoms with Crippen LogP contribution in [0.1, 0.15) is 22.7 Å². The fraction of sp³-hybridized carbons (Fsp3) is 0.100. The highest BCUT2D eigenvalue weighted by atomic mass is 32.2. The van der Waals surface area contributed by atoms with Crippen LogP contribution in [-0.2, 0) is 10.0 Å². The summed E-state index contributed by atoms with van der Waals surface area (Å²) in [6.45, 7) is 1.90. The molecule has 3 nitrogen and oxygen atoms in total. The monoisotopic (exact) mass is 355 g/mol. The first kappa shape index (κ1) is 17.3. The summed E-state index contributed by atoms with van der Waals surface area (Å²) in [7, 11) is -3.73. The highest BCUT2D eigenvalue weighted by molar-refractivity contribution is 7.89. The second kappa shape index (κ2) is 7.17. The zero-order valence-electron chi connectivity index (χ0n) is 13.7. The van der Waals surface area contributed by atoms with E-state index >= 15 is 0 Å². The Hall–Kier alpha value is -2.50. The molecule has 0 saturated carbocycles. The number of rotatable bonds is 5. The van der Waals surface area contributed by atoms with Crippen LogP contribution in [-0.4, -0.2) is 8.42 Å². The molecule has 1 atom stereocenters. The lowest BCUT2D eigenvalue weighted by molar-refractivity contribution is 0.571. The highest BCUT2D eigenvalue weighted by Gasteiger charge is 2.22. The number of hydrogen-bond donors (Lipinski definition) is 1. The molecule has 0 aliphatic rings. The van der Waals surface area contributed by atoms with Crippen molar-refractivity contribution in [2.75, 3.05) is 0 Å². The first-order valence-corrected chi connectivity index (χ1v) is 9.33. The van der Waals surface area contributed by atoms with Crippen LogP contribution < -0.4 is 4.72 Å². The largest absolute Gasteiger partial charge is 0.241 e. The lowest BCUT2D eigenvalue weighted by atomic mass is 10.00. The average molecular weight is 355 g/mol. The van der Waals surface area contributed by atoms with E-state index in [4.69, 9.17) is 0 Å². The minimum atomic E-state index is -3.73. The van der Waals surface area contributed by atoms with Gasteiger partial charge in [0.05, 0.1) is 10.9 Å². The Morgan fingerprint density at radius 3 is 1.96 bits per heavy atom. The van der Waals surface area contributed by atoms with Crippen molar-refractivity contribution >= 4 is 10.0 Å². The van der Waals surface area contributed by atoms with Gasteiger partial charge in [-0.1, -0.05) is 60.2 Å². The molecular formula is C20H18FNO2S. The molecular weight excluding hydrogens is 337 g/mol. The van der Waals surface area contributed by atoms with Crippen LogP contribution in [0.5, 0.6) is 0 Å². The lowest BCUT2D eigenvalue weighted by Crippen LogP contribution is -2.29. The summed E-state index contributed by atoms with van der Waals surface area (Å²) in [5.41, 5.74) is 2.44. The molecule has 128 valence electrons. The predicted octanol–water partition coefficient (Wildman–Crippen LogP) is 4.20. The van der Waals surface area contributed by atoms with Crippen molar-refractivity contribution in [3.05, 3.63) is 101 Å². The van der Waals surface area contributed by atoms with Gasteiger partial charge in [-0.2, -0.15) is 4.72 Å². The Balaban J connectivity index is 2.00. The first-order chi connectivity index (χ1) is 12.0. The molecule has 0 aromatic heterocycles. The van der Waals surface area contributed by atoms with E-state index < -0.39 is 16.1 Å². The second-order valence-corrected chi connectivity index (χ2v) is 7.54. The van der Waals surface area contributed by atoms with Crippen molar-refractivity contribution in [3.8, 4) is 0 Å². The molecule has 0 aliphatic carbocycles. The van der Waals surface area contributed by atoms with Gasteiger partial charge in [0.1, 0.15) is 5.82 Å². The van der Waals surface area contributed by atoms with E-state index in [9.17, 15) is 12.8 Å². The van der Waals surface area contributed by atoms with Gasteiger partial charge in [0.25, 0.3) is 0 Å². The number of nitrogens with one attached hydrogen (secondary N) is 1. The summed E-state index contributed by atoms with van der Waals surface area (Å²) >= 11 is 0. The smallest absolute Gasteiger partial charge is 0.207 e. The van der Waals surface area contributed by atoms with E-state index in [-0.39, 0.29) is 10.7 Å². The van der Waals surface area contributed by atoms with Crippen LogP contribution in [0, 0.1) is 12.7 Å². The molecule has 3 rings (SSSR count). The summed E-state index contributed by atoms with van der Waals surface area (Å²) < 4.78 is 41.6. The number of aryl methyl sites for hydroxylation is 1. The molecule has 25 heavy (non-hydrogen) atoms. The van der Waals surface area contributed by atoms with Gasteiger partial charge >= 0.3 is 0 Å². The van der Waals surface area contributed by atoms with Crippen LogP contribution in [0.3, 0.4) is 0 Å². The summed E-state index contributed by atoms with van der Waals surface area (Å²) in [6, 6.07) is 21.1. The number of hydrogen-bond acceptors (Lipinski definition) is 2. The Kier molecular flexibility index (Phi) is 4.97. The van der Waals surface area contributed by atoms with E-state index in [1.165, 1.54) is 12.1 Å². The van der Waals surface area contributed by atoms with Crippen molar-refractivity contribution in [1.82, 2.24) is 4.72 Å². The summed E-state index contributed by atoms with van der Waals surface area (Å²) in [4.78, 5) is 0.196. The maximum atomic E-state index is 13.3. The average Bonchev–Trinajstić information content (AvgIpc) is 2.62. The van der Waals surface area contributed by atoms with Gasteiger partial charge in [0, 0.05) is 0 Å². The van der Waals surface area contributed by atoms with Gasteiger partial charge in [-0.15, -0.1) is 0 Å². The SMILES string of the molecule is Cc1ccc(S(=O)(=O)N[C@H](c2ccccc2)c2ccc(F)cc2)cc1. The normalized spacial score (nSPS) is 12.7. The number of benzene rings is 3. The maximum absolute atomic E-state index is 13.3. The van der Waals surface area contributed by atoms with E-state index in [1.54, 1.807) is 36.4 Å². The molecule has 0 saturated heterocycles. The third kappa shape index (κ3) is 4.13. The van der Waals surface area contributed by atoms with Crippen LogP contribution in [0.2, 0.25) is 0 Å². The van der Waals surface area contributed by atoms with Gasteiger partial charge < -0.3 is 0 Å². The zero-order valence-corrected chi connectivity index (χ0v) is 14.5. The summed E-state index contributed by atoms with van der Waals surface area (Å²) in [5, 5.41) is 0. The fourth-order valence-electron chi connectivity index (χ4n) is 2.57. The van der Waals surface area contributed by atoms with Gasteiger partial charge in [0.2, 0.25) is 10.0 Å². The fourth-order valence-corrected chi connectivity index (χ4v) is 3.78. The molecule has 0 spiro atoms. The highest BCUT2D eigenvalue weighted by Crippen LogP contribution is 2.25. The Morgan fingerprint density at radius 1 is 0.800 bits per heavy atom. The Bertz CT molecular complexity index is 937. The molecule has 0 radical (unpaired) electrons. The molecule has 0 heterocycles.